The van der Waals surface area contributed by atoms with Crippen LogP contribution >= 0.6 is 0 Å². The first kappa shape index (κ1) is 9.19. The van der Waals surface area contributed by atoms with E-state index >= 15 is 0 Å². The maximum absolute atomic E-state index is 9.32. The third-order valence-corrected chi connectivity index (χ3v) is 1.41. The summed E-state index contributed by atoms with van der Waals surface area (Å²) in [5.74, 6) is 0. The van der Waals surface area contributed by atoms with Crippen molar-refractivity contribution in [3.63, 3.8) is 0 Å². The molecule has 0 spiro atoms. The summed E-state index contributed by atoms with van der Waals surface area (Å²) in [6.45, 7) is 5.17. The number of hydrogen-bond acceptors (Lipinski definition) is 2. The van der Waals surface area contributed by atoms with Crippen LogP contribution in [0.2, 0.25) is 0 Å². The predicted molar refractivity (Wildman–Crippen MR) is 40.3 cm³/mol. The number of unbranched alkanes of at least 4 members (excludes halogenated alkanes) is 1. The fraction of sp³-hybridized carbons (Fsp3) is 0.625. The monoisotopic (exact) mass is 139 g/mol. The van der Waals surface area contributed by atoms with Gasteiger partial charge in [-0.3, -0.25) is 0 Å². The molecule has 0 bridgehead atoms. The van der Waals surface area contributed by atoms with E-state index in [1.54, 1.807) is 6.92 Å². The molecular weight excluding hydrogens is 126 g/mol. The van der Waals surface area contributed by atoms with Gasteiger partial charge in [0.25, 0.3) is 0 Å². The topological polar surface area (TPSA) is 44.0 Å². The van der Waals surface area contributed by atoms with Crippen LogP contribution < -0.4 is 0 Å². The van der Waals surface area contributed by atoms with Gasteiger partial charge in [-0.05, 0) is 19.8 Å². The molecule has 2 heteroatoms. The van der Waals surface area contributed by atoms with Crippen LogP contribution in [0.3, 0.4) is 0 Å². The molecule has 1 unspecified atom stereocenters. The van der Waals surface area contributed by atoms with E-state index in [-0.39, 0.29) is 0 Å². The molecule has 0 aromatic heterocycles. The van der Waals surface area contributed by atoms with Gasteiger partial charge in [0.2, 0.25) is 0 Å². The van der Waals surface area contributed by atoms with Crippen LogP contribution in [-0.2, 0) is 0 Å². The Morgan fingerprint density at radius 3 is 2.80 bits per heavy atom. The summed E-state index contributed by atoms with van der Waals surface area (Å²) in [4.78, 5) is 0. The highest BCUT2D eigenvalue weighted by molar-refractivity contribution is 4.91. The third-order valence-electron chi connectivity index (χ3n) is 1.41. The normalized spacial score (nSPS) is 15.3. The molecule has 0 saturated carbocycles. The van der Waals surface area contributed by atoms with Crippen LogP contribution in [0.4, 0.5) is 0 Å². The first-order valence-corrected chi connectivity index (χ1v) is 3.35. The number of aliphatic hydroxyl groups is 1. The lowest BCUT2D eigenvalue weighted by Gasteiger charge is -2.16. The van der Waals surface area contributed by atoms with Gasteiger partial charge in [-0.25, -0.2) is 0 Å². The molecule has 1 atom stereocenters. The number of rotatable bonds is 4. The van der Waals surface area contributed by atoms with Crippen molar-refractivity contribution in [3.8, 4) is 6.07 Å². The first-order valence-electron chi connectivity index (χ1n) is 3.35. The highest BCUT2D eigenvalue weighted by atomic mass is 16.3. The zero-order chi connectivity index (χ0) is 8.04. The van der Waals surface area contributed by atoms with Gasteiger partial charge in [0.15, 0.2) is 0 Å². The molecule has 0 aromatic carbocycles. The molecule has 10 heavy (non-hydrogen) atoms. The van der Waals surface area contributed by atoms with Crippen molar-refractivity contribution in [2.24, 2.45) is 0 Å². The Hall–Kier alpha value is -0.810. The van der Waals surface area contributed by atoms with Gasteiger partial charge in [-0.1, -0.05) is 6.08 Å². The average Bonchev–Trinajstić information content (AvgIpc) is 1.89. The lowest BCUT2D eigenvalue weighted by atomic mass is 10.00. The van der Waals surface area contributed by atoms with Gasteiger partial charge in [0.1, 0.15) is 0 Å². The molecule has 2 nitrogen and oxygen atoms in total. The number of nitriles is 1. The van der Waals surface area contributed by atoms with E-state index in [9.17, 15) is 5.11 Å². The van der Waals surface area contributed by atoms with Gasteiger partial charge in [0, 0.05) is 6.42 Å². The van der Waals surface area contributed by atoms with Gasteiger partial charge in [-0.15, -0.1) is 6.58 Å². The molecule has 56 valence electrons. The SMILES string of the molecule is C=CC(C)(O)CCCC#N. The van der Waals surface area contributed by atoms with Crippen molar-refractivity contribution >= 4 is 0 Å². The summed E-state index contributed by atoms with van der Waals surface area (Å²) in [5.41, 5.74) is -0.795. The van der Waals surface area contributed by atoms with Gasteiger partial charge in [0.05, 0.1) is 11.7 Å². The van der Waals surface area contributed by atoms with Crippen LogP contribution in [0.1, 0.15) is 26.2 Å². The van der Waals surface area contributed by atoms with Gasteiger partial charge < -0.3 is 5.11 Å². The molecule has 0 rings (SSSR count). The summed E-state index contributed by atoms with van der Waals surface area (Å²) in [7, 11) is 0. The lowest BCUT2D eigenvalue weighted by Crippen LogP contribution is -2.19. The van der Waals surface area contributed by atoms with Crippen molar-refractivity contribution in [2.45, 2.75) is 31.8 Å². The van der Waals surface area contributed by atoms with Crippen LogP contribution in [-0.4, -0.2) is 10.7 Å². The van der Waals surface area contributed by atoms with Gasteiger partial charge in [-0.2, -0.15) is 5.26 Å². The maximum atomic E-state index is 9.32. The standard InChI is InChI=1S/C8H13NO/c1-3-8(2,10)6-4-5-7-9/h3,10H,1,4-6H2,2H3. The van der Waals surface area contributed by atoms with Crippen molar-refractivity contribution in [1.82, 2.24) is 0 Å². The minimum atomic E-state index is -0.795. The fourth-order valence-corrected chi connectivity index (χ4v) is 0.627. The van der Waals surface area contributed by atoms with Crippen molar-refractivity contribution < 1.29 is 5.11 Å². The Labute approximate surface area is 61.8 Å². The molecule has 0 amide bonds. The zero-order valence-corrected chi connectivity index (χ0v) is 6.30. The number of nitrogens with zero attached hydrogens (tertiary/aromatic N) is 1. The minimum Gasteiger partial charge on any atom is -0.386 e. The highest BCUT2D eigenvalue weighted by Crippen LogP contribution is 2.13. The largest absolute Gasteiger partial charge is 0.386 e. The van der Waals surface area contributed by atoms with Crippen molar-refractivity contribution in [2.75, 3.05) is 0 Å². The molecule has 1 N–H and O–H groups in total. The van der Waals surface area contributed by atoms with Crippen molar-refractivity contribution in [3.05, 3.63) is 12.7 Å². The Morgan fingerprint density at radius 2 is 2.40 bits per heavy atom. The predicted octanol–water partition coefficient (Wildman–Crippen LogP) is 1.62. The molecule has 0 aliphatic rings. The van der Waals surface area contributed by atoms with Gasteiger partial charge >= 0.3 is 0 Å². The van der Waals surface area contributed by atoms with E-state index in [2.05, 4.69) is 6.58 Å². The summed E-state index contributed by atoms with van der Waals surface area (Å²) in [6, 6.07) is 2.02. The minimum absolute atomic E-state index is 0.504. The molecule has 0 aliphatic heterocycles. The van der Waals surface area contributed by atoms with Crippen molar-refractivity contribution in [1.29, 1.82) is 5.26 Å². The molecule has 0 aromatic rings. The second kappa shape index (κ2) is 4.08. The van der Waals surface area contributed by atoms with E-state index in [4.69, 9.17) is 5.26 Å². The Morgan fingerprint density at radius 1 is 1.80 bits per heavy atom. The summed E-state index contributed by atoms with van der Waals surface area (Å²) in [5, 5.41) is 17.5. The lowest BCUT2D eigenvalue weighted by molar-refractivity contribution is 0.100. The summed E-state index contributed by atoms with van der Waals surface area (Å²) < 4.78 is 0. The van der Waals surface area contributed by atoms with E-state index in [0.717, 1.165) is 6.42 Å². The third kappa shape index (κ3) is 4.11. The highest BCUT2D eigenvalue weighted by Gasteiger charge is 2.13. The molecule has 0 aliphatic carbocycles. The molecule has 0 radical (unpaired) electrons. The van der Waals surface area contributed by atoms with E-state index in [1.165, 1.54) is 6.08 Å². The van der Waals surface area contributed by atoms with E-state index in [0.29, 0.717) is 12.8 Å². The molecule has 0 fully saturated rings. The smallest absolute Gasteiger partial charge is 0.0797 e. The first-order chi connectivity index (χ1) is 4.62. The van der Waals surface area contributed by atoms with Crippen LogP contribution in [0.5, 0.6) is 0 Å². The maximum Gasteiger partial charge on any atom is 0.0797 e. The van der Waals surface area contributed by atoms with Crippen LogP contribution in [0, 0.1) is 11.3 Å². The van der Waals surface area contributed by atoms with E-state index < -0.39 is 5.60 Å². The Balaban J connectivity index is 3.49. The number of hydrogen-bond donors (Lipinski definition) is 1. The zero-order valence-electron chi connectivity index (χ0n) is 6.30. The summed E-state index contributed by atoms with van der Waals surface area (Å²) >= 11 is 0. The quantitative estimate of drug-likeness (QED) is 0.475. The average molecular weight is 139 g/mol. The fourth-order valence-electron chi connectivity index (χ4n) is 0.627. The Kier molecular flexibility index (Phi) is 3.75. The van der Waals surface area contributed by atoms with Crippen LogP contribution in [0.15, 0.2) is 12.7 Å². The second-order valence-corrected chi connectivity index (χ2v) is 2.57. The summed E-state index contributed by atoms with van der Waals surface area (Å²) in [6.07, 6.45) is 3.36. The Bertz CT molecular complexity index is 144. The van der Waals surface area contributed by atoms with Crippen LogP contribution in [0.25, 0.3) is 0 Å². The van der Waals surface area contributed by atoms with E-state index in [1.807, 2.05) is 6.07 Å². The molecule has 0 saturated heterocycles. The second-order valence-electron chi connectivity index (χ2n) is 2.57. The molecule has 0 heterocycles. The molecular formula is C8H13NO.